The second-order valence-corrected chi connectivity index (χ2v) is 8.51. The van der Waals surface area contributed by atoms with E-state index in [0.717, 1.165) is 0 Å². The van der Waals surface area contributed by atoms with Crippen LogP contribution in [-0.4, -0.2) is 33.3 Å². The van der Waals surface area contributed by atoms with Gasteiger partial charge in [-0.25, -0.2) is 0 Å². The third-order valence-corrected chi connectivity index (χ3v) is 6.34. The number of rotatable bonds is 4. The fourth-order valence-corrected chi connectivity index (χ4v) is 4.55. The van der Waals surface area contributed by atoms with Crippen LogP contribution in [0.3, 0.4) is 0 Å². The van der Waals surface area contributed by atoms with E-state index in [-0.39, 0.29) is 0 Å². The average Bonchev–Trinajstić information content (AvgIpc) is 3.04. The van der Waals surface area contributed by atoms with Gasteiger partial charge in [-0.05, 0) is 31.9 Å². The highest BCUT2D eigenvalue weighted by atomic mass is 79.9. The first kappa shape index (κ1) is 26.4. The molecule has 0 atom stereocenters. The van der Waals surface area contributed by atoms with Crippen molar-refractivity contribution in [2.45, 2.75) is 37.3 Å². The molecular weight excluding hydrogens is 634 g/mol. The van der Waals surface area contributed by atoms with E-state index in [1.54, 1.807) is 0 Å². The SMILES string of the molecule is O=c1c2c(Br)c3c(=O)n(CC(F)(F)C(F)(F)F)c(=O)c3c(Br)c2c(=O)n1CC(F)(F)C(F)(F)F. The van der Waals surface area contributed by atoms with Gasteiger partial charge in [0.05, 0.1) is 21.5 Å². The minimum Gasteiger partial charge on any atom is -0.269 e. The molecule has 0 unspecified atom stereocenters. The van der Waals surface area contributed by atoms with Crippen LogP contribution in [0.1, 0.15) is 0 Å². The third kappa shape index (κ3) is 3.68. The van der Waals surface area contributed by atoms with Crippen molar-refractivity contribution >= 4 is 53.4 Å². The Morgan fingerprint density at radius 3 is 0.882 bits per heavy atom. The monoisotopic (exact) mass is 636 g/mol. The molecule has 2 heterocycles. The molecular formula is C16H4Br2F10N2O4. The van der Waals surface area contributed by atoms with Crippen molar-refractivity contribution in [2.75, 3.05) is 0 Å². The zero-order valence-electron chi connectivity index (χ0n) is 15.5. The highest BCUT2D eigenvalue weighted by Gasteiger charge is 2.59. The van der Waals surface area contributed by atoms with Crippen LogP contribution in [0.2, 0.25) is 0 Å². The molecule has 0 bridgehead atoms. The predicted octanol–water partition coefficient (Wildman–Crippen LogP) is 3.83. The molecule has 3 rings (SSSR count). The van der Waals surface area contributed by atoms with Gasteiger partial charge in [-0.3, -0.25) is 28.3 Å². The van der Waals surface area contributed by atoms with Crippen molar-refractivity contribution < 1.29 is 43.9 Å². The summed E-state index contributed by atoms with van der Waals surface area (Å²) in [5.74, 6) is -11.1. The number of hydrogen-bond acceptors (Lipinski definition) is 4. The Bertz CT molecular complexity index is 1340. The fraction of sp³-hybridized carbons (Fsp3) is 0.375. The van der Waals surface area contributed by atoms with Crippen molar-refractivity contribution in [2.24, 2.45) is 0 Å². The van der Waals surface area contributed by atoms with Crippen molar-refractivity contribution in [1.82, 2.24) is 9.13 Å². The van der Waals surface area contributed by atoms with Gasteiger partial charge in [0.25, 0.3) is 22.2 Å². The maximum atomic E-state index is 13.4. The quantitative estimate of drug-likeness (QED) is 0.408. The summed E-state index contributed by atoms with van der Waals surface area (Å²) >= 11 is 5.21. The summed E-state index contributed by atoms with van der Waals surface area (Å²) in [6, 6.07) is 0. The summed E-state index contributed by atoms with van der Waals surface area (Å²) in [5, 5.41) is -3.89. The molecule has 3 aromatic rings. The third-order valence-electron chi connectivity index (χ3n) is 4.76. The molecule has 186 valence electrons. The topological polar surface area (TPSA) is 78.1 Å². The molecule has 6 nitrogen and oxygen atoms in total. The van der Waals surface area contributed by atoms with Crippen LogP contribution in [0.5, 0.6) is 0 Å². The van der Waals surface area contributed by atoms with Gasteiger partial charge >= 0.3 is 24.2 Å². The van der Waals surface area contributed by atoms with Gasteiger partial charge in [-0.2, -0.15) is 43.9 Å². The van der Waals surface area contributed by atoms with Gasteiger partial charge in [0.1, 0.15) is 13.1 Å². The number of fused-ring (bicyclic) bond motifs is 2. The first-order chi connectivity index (χ1) is 15.2. The molecule has 0 aliphatic rings. The normalized spacial score (nSPS) is 14.0. The molecule has 0 saturated heterocycles. The van der Waals surface area contributed by atoms with Crippen molar-refractivity contribution in [3.63, 3.8) is 0 Å². The number of halogens is 12. The number of alkyl halides is 10. The molecule has 2 aromatic heterocycles. The van der Waals surface area contributed by atoms with Gasteiger partial charge < -0.3 is 0 Å². The first-order valence-corrected chi connectivity index (χ1v) is 9.90. The molecule has 0 aliphatic carbocycles. The van der Waals surface area contributed by atoms with Gasteiger partial charge in [0.2, 0.25) is 0 Å². The van der Waals surface area contributed by atoms with E-state index in [2.05, 4.69) is 31.9 Å². The first-order valence-electron chi connectivity index (χ1n) is 8.32. The summed E-state index contributed by atoms with van der Waals surface area (Å²) in [6.45, 7) is -4.92. The zero-order valence-corrected chi connectivity index (χ0v) is 18.6. The lowest BCUT2D eigenvalue weighted by Gasteiger charge is -2.19. The van der Waals surface area contributed by atoms with E-state index >= 15 is 0 Å². The molecule has 0 aliphatic heterocycles. The highest BCUT2D eigenvalue weighted by molar-refractivity contribution is 9.11. The largest absolute Gasteiger partial charge is 0.455 e. The Morgan fingerprint density at radius 2 is 0.706 bits per heavy atom. The van der Waals surface area contributed by atoms with E-state index in [4.69, 9.17) is 0 Å². The van der Waals surface area contributed by atoms with Crippen molar-refractivity contribution in [3.8, 4) is 0 Å². The smallest absolute Gasteiger partial charge is 0.269 e. The second kappa shape index (κ2) is 7.63. The lowest BCUT2D eigenvalue weighted by atomic mass is 10.1. The summed E-state index contributed by atoms with van der Waals surface area (Å²) in [6.07, 6.45) is -12.3. The van der Waals surface area contributed by atoms with Crippen LogP contribution in [0.15, 0.2) is 28.1 Å². The predicted molar refractivity (Wildman–Crippen MR) is 102 cm³/mol. The molecule has 0 radical (unpaired) electrons. The lowest BCUT2D eigenvalue weighted by molar-refractivity contribution is -0.287. The number of aromatic nitrogens is 2. The summed E-state index contributed by atoms with van der Waals surface area (Å²) in [7, 11) is 0. The number of hydrogen-bond donors (Lipinski definition) is 0. The van der Waals surface area contributed by atoms with Crippen molar-refractivity contribution in [3.05, 3.63) is 50.4 Å². The number of nitrogens with zero attached hydrogens (tertiary/aromatic N) is 2. The Hall–Kier alpha value is -2.24. The minimum absolute atomic E-state index is 0.507. The summed E-state index contributed by atoms with van der Waals surface area (Å²) < 4.78 is 126. The molecule has 34 heavy (non-hydrogen) atoms. The minimum atomic E-state index is -6.16. The van der Waals surface area contributed by atoms with E-state index < -0.39 is 99.1 Å². The summed E-state index contributed by atoms with van der Waals surface area (Å²) in [5.41, 5.74) is -7.06. The second-order valence-electron chi connectivity index (χ2n) is 6.93. The Kier molecular flexibility index (Phi) is 5.92. The van der Waals surface area contributed by atoms with Crippen LogP contribution in [0.4, 0.5) is 43.9 Å². The molecule has 0 fully saturated rings. The van der Waals surface area contributed by atoms with E-state index in [1.165, 1.54) is 0 Å². The molecule has 0 spiro atoms. The van der Waals surface area contributed by atoms with E-state index in [0.29, 0.717) is 0 Å². The van der Waals surface area contributed by atoms with Crippen LogP contribution >= 0.6 is 31.9 Å². The van der Waals surface area contributed by atoms with Crippen LogP contribution in [-0.2, 0) is 13.1 Å². The maximum absolute atomic E-state index is 13.4. The average molecular weight is 638 g/mol. The van der Waals surface area contributed by atoms with E-state index in [1.807, 2.05) is 0 Å². The fourth-order valence-electron chi connectivity index (χ4n) is 3.08. The Morgan fingerprint density at radius 1 is 0.500 bits per heavy atom. The number of benzene rings is 1. The maximum Gasteiger partial charge on any atom is 0.455 e. The van der Waals surface area contributed by atoms with Crippen LogP contribution < -0.4 is 22.2 Å². The van der Waals surface area contributed by atoms with Gasteiger partial charge in [-0.1, -0.05) is 0 Å². The molecule has 0 amide bonds. The van der Waals surface area contributed by atoms with Crippen LogP contribution in [0.25, 0.3) is 21.5 Å². The van der Waals surface area contributed by atoms with Crippen molar-refractivity contribution in [1.29, 1.82) is 0 Å². The van der Waals surface area contributed by atoms with Crippen LogP contribution in [0, 0.1) is 0 Å². The molecule has 1 aromatic carbocycles. The lowest BCUT2D eigenvalue weighted by Crippen LogP contribution is -2.44. The Balaban J connectivity index is 2.40. The molecule has 18 heteroatoms. The van der Waals surface area contributed by atoms with E-state index in [9.17, 15) is 63.1 Å². The molecule has 0 N–H and O–H groups in total. The zero-order chi connectivity index (χ0) is 26.3. The standard InChI is InChI=1S/C16H4Br2F10N2O4/c17-7-3-4(10(32)29(9(3)31)1-13(19,20)15(23,24)25)8(18)6-5(7)11(33)30(12(6)34)2-14(21,22)16(26,27)28/h1-2H2. The van der Waals surface area contributed by atoms with Gasteiger partial charge in [-0.15, -0.1) is 0 Å². The highest BCUT2D eigenvalue weighted by Crippen LogP contribution is 2.39. The Labute approximate surface area is 194 Å². The summed E-state index contributed by atoms with van der Waals surface area (Å²) in [4.78, 5) is 50.0. The molecule has 0 saturated carbocycles. The van der Waals surface area contributed by atoms with Gasteiger partial charge in [0.15, 0.2) is 0 Å². The van der Waals surface area contributed by atoms with Gasteiger partial charge in [0, 0.05) is 8.95 Å².